The van der Waals surface area contributed by atoms with Crippen molar-refractivity contribution in [1.82, 2.24) is 0 Å². The van der Waals surface area contributed by atoms with Crippen molar-refractivity contribution in [2.24, 2.45) is 5.73 Å². The van der Waals surface area contributed by atoms with Gasteiger partial charge in [0.2, 0.25) is 5.91 Å². The predicted molar refractivity (Wildman–Crippen MR) is 88.1 cm³/mol. The first-order chi connectivity index (χ1) is 10.6. The molecule has 0 heterocycles. The standard InChI is InChI=1S/C16H18N2O4S/c1-9-4-6-12(8-13(9)16(17)20)23(21,22)18-14-7-5-10(2)15(19)11(14)3/h4-8,18-19H,1-3H3,(H2,17,20). The van der Waals surface area contributed by atoms with Crippen LogP contribution in [0.15, 0.2) is 35.2 Å². The number of carbonyl (C=O) groups excluding carboxylic acids is 1. The van der Waals surface area contributed by atoms with Gasteiger partial charge in [-0.15, -0.1) is 0 Å². The molecule has 23 heavy (non-hydrogen) atoms. The second kappa shape index (κ2) is 5.92. The summed E-state index contributed by atoms with van der Waals surface area (Å²) in [6.07, 6.45) is 0. The number of sulfonamides is 1. The number of hydrogen-bond donors (Lipinski definition) is 3. The first-order valence-electron chi connectivity index (χ1n) is 6.86. The van der Waals surface area contributed by atoms with Gasteiger partial charge in [0.25, 0.3) is 10.0 Å². The van der Waals surface area contributed by atoms with Crippen LogP contribution in [0.2, 0.25) is 0 Å². The summed E-state index contributed by atoms with van der Waals surface area (Å²) in [4.78, 5) is 11.3. The third-order valence-corrected chi connectivity index (χ3v) is 5.03. The summed E-state index contributed by atoms with van der Waals surface area (Å²) in [6.45, 7) is 5.01. The number of anilines is 1. The average molecular weight is 334 g/mol. The van der Waals surface area contributed by atoms with Gasteiger partial charge in [-0.3, -0.25) is 9.52 Å². The van der Waals surface area contributed by atoms with E-state index in [-0.39, 0.29) is 21.9 Å². The minimum absolute atomic E-state index is 0.0342. The molecular formula is C16H18N2O4S. The van der Waals surface area contributed by atoms with Crippen LogP contribution in [0.25, 0.3) is 0 Å². The quantitative estimate of drug-likeness (QED) is 0.796. The smallest absolute Gasteiger partial charge is 0.261 e. The number of nitrogens with one attached hydrogen (secondary N) is 1. The zero-order chi connectivity index (χ0) is 17.4. The lowest BCUT2D eigenvalue weighted by molar-refractivity contribution is 0.0999. The van der Waals surface area contributed by atoms with Gasteiger partial charge in [0.15, 0.2) is 0 Å². The van der Waals surface area contributed by atoms with Crippen molar-refractivity contribution < 1.29 is 18.3 Å². The molecule has 7 heteroatoms. The number of aryl methyl sites for hydroxylation is 2. The van der Waals surface area contributed by atoms with Gasteiger partial charge in [-0.25, -0.2) is 8.42 Å². The Bertz CT molecular complexity index is 889. The lowest BCUT2D eigenvalue weighted by Gasteiger charge is -2.13. The number of phenols is 1. The Labute approximate surface area is 135 Å². The minimum Gasteiger partial charge on any atom is -0.507 e. The zero-order valence-electron chi connectivity index (χ0n) is 13.0. The maximum absolute atomic E-state index is 12.5. The van der Waals surface area contributed by atoms with Crippen molar-refractivity contribution in [1.29, 1.82) is 0 Å². The summed E-state index contributed by atoms with van der Waals surface area (Å²) in [5.74, 6) is -0.657. The van der Waals surface area contributed by atoms with Gasteiger partial charge in [0.05, 0.1) is 10.6 Å². The zero-order valence-corrected chi connectivity index (χ0v) is 13.9. The van der Waals surface area contributed by atoms with Crippen LogP contribution in [-0.2, 0) is 10.0 Å². The van der Waals surface area contributed by atoms with Crippen molar-refractivity contribution in [2.75, 3.05) is 4.72 Å². The Morgan fingerprint density at radius 2 is 1.70 bits per heavy atom. The number of rotatable bonds is 4. The van der Waals surface area contributed by atoms with Gasteiger partial charge < -0.3 is 10.8 Å². The fourth-order valence-corrected chi connectivity index (χ4v) is 3.33. The first kappa shape index (κ1) is 16.8. The van der Waals surface area contributed by atoms with Crippen LogP contribution in [-0.4, -0.2) is 19.4 Å². The van der Waals surface area contributed by atoms with Crippen LogP contribution >= 0.6 is 0 Å². The molecule has 2 aromatic rings. The summed E-state index contributed by atoms with van der Waals surface area (Å²) in [5, 5.41) is 9.91. The van der Waals surface area contributed by atoms with Gasteiger partial charge >= 0.3 is 0 Å². The van der Waals surface area contributed by atoms with E-state index in [1.54, 1.807) is 32.9 Å². The number of primary amides is 1. The van der Waals surface area contributed by atoms with E-state index in [1.165, 1.54) is 18.2 Å². The summed E-state index contributed by atoms with van der Waals surface area (Å²) in [6, 6.07) is 7.35. The molecule has 0 unspecified atom stereocenters. The number of phenolic OH excluding ortho intramolecular Hbond substituents is 1. The molecule has 2 aromatic carbocycles. The first-order valence-corrected chi connectivity index (χ1v) is 8.34. The lowest BCUT2D eigenvalue weighted by Crippen LogP contribution is -2.17. The largest absolute Gasteiger partial charge is 0.507 e. The van der Waals surface area contributed by atoms with Crippen LogP contribution in [0.1, 0.15) is 27.0 Å². The Balaban J connectivity index is 2.46. The maximum atomic E-state index is 12.5. The number of aromatic hydroxyl groups is 1. The van der Waals surface area contributed by atoms with Crippen molar-refractivity contribution in [2.45, 2.75) is 25.7 Å². The number of nitrogens with two attached hydrogens (primary N) is 1. The maximum Gasteiger partial charge on any atom is 0.261 e. The van der Waals surface area contributed by atoms with Gasteiger partial charge in [-0.1, -0.05) is 12.1 Å². The number of carbonyl (C=O) groups is 1. The number of hydrogen-bond acceptors (Lipinski definition) is 4. The second-order valence-corrected chi connectivity index (χ2v) is 7.03. The van der Waals surface area contributed by atoms with Crippen LogP contribution < -0.4 is 10.5 Å². The highest BCUT2D eigenvalue weighted by Crippen LogP contribution is 2.29. The molecule has 2 rings (SSSR count). The third kappa shape index (κ3) is 3.29. The van der Waals surface area contributed by atoms with Gasteiger partial charge in [0.1, 0.15) is 5.75 Å². The molecule has 0 atom stereocenters. The normalized spacial score (nSPS) is 11.3. The Morgan fingerprint density at radius 1 is 1.09 bits per heavy atom. The van der Waals surface area contributed by atoms with E-state index in [0.29, 0.717) is 16.7 Å². The summed E-state index contributed by atoms with van der Waals surface area (Å²) < 4.78 is 27.4. The Hall–Kier alpha value is -2.54. The number of amides is 1. The predicted octanol–water partition coefficient (Wildman–Crippen LogP) is 2.22. The third-order valence-electron chi connectivity index (χ3n) is 3.66. The molecule has 1 amide bonds. The Morgan fingerprint density at radius 3 is 2.30 bits per heavy atom. The molecule has 6 nitrogen and oxygen atoms in total. The molecule has 4 N–H and O–H groups in total. The van der Waals surface area contributed by atoms with Crippen LogP contribution in [0.3, 0.4) is 0 Å². The Kier molecular flexibility index (Phi) is 4.33. The number of benzene rings is 2. The molecule has 0 fully saturated rings. The molecule has 0 spiro atoms. The molecule has 0 aliphatic heterocycles. The van der Waals surface area contributed by atoms with E-state index in [9.17, 15) is 18.3 Å². The SMILES string of the molecule is Cc1ccc(S(=O)(=O)Nc2ccc(C)c(O)c2C)cc1C(N)=O. The fourth-order valence-electron chi connectivity index (χ4n) is 2.18. The van der Waals surface area contributed by atoms with Crippen molar-refractivity contribution in [3.63, 3.8) is 0 Å². The van der Waals surface area contributed by atoms with Crippen molar-refractivity contribution in [3.05, 3.63) is 52.6 Å². The van der Waals surface area contributed by atoms with Gasteiger partial charge in [-0.05, 0) is 50.1 Å². The van der Waals surface area contributed by atoms with E-state index in [1.807, 2.05) is 0 Å². The van der Waals surface area contributed by atoms with E-state index in [2.05, 4.69) is 4.72 Å². The van der Waals surface area contributed by atoms with Crippen molar-refractivity contribution in [3.8, 4) is 5.75 Å². The summed E-state index contributed by atoms with van der Waals surface area (Å²) >= 11 is 0. The second-order valence-electron chi connectivity index (χ2n) is 5.35. The van der Waals surface area contributed by atoms with Gasteiger partial charge in [-0.2, -0.15) is 0 Å². The topological polar surface area (TPSA) is 109 Å². The summed E-state index contributed by atoms with van der Waals surface area (Å²) in [7, 11) is -3.91. The molecule has 0 saturated heterocycles. The monoisotopic (exact) mass is 334 g/mol. The highest BCUT2D eigenvalue weighted by Gasteiger charge is 2.19. The highest BCUT2D eigenvalue weighted by molar-refractivity contribution is 7.92. The molecule has 0 aliphatic carbocycles. The minimum atomic E-state index is -3.91. The lowest BCUT2D eigenvalue weighted by atomic mass is 10.1. The molecule has 0 aromatic heterocycles. The van der Waals surface area contributed by atoms with E-state index >= 15 is 0 Å². The van der Waals surface area contributed by atoms with Crippen LogP contribution in [0.4, 0.5) is 5.69 Å². The molecule has 122 valence electrons. The molecule has 0 bridgehead atoms. The molecule has 0 radical (unpaired) electrons. The van der Waals surface area contributed by atoms with E-state index in [4.69, 9.17) is 5.73 Å². The molecule has 0 saturated carbocycles. The molecule has 0 aliphatic rings. The molecular weight excluding hydrogens is 316 g/mol. The van der Waals surface area contributed by atoms with Crippen LogP contribution in [0, 0.1) is 20.8 Å². The summed E-state index contributed by atoms with van der Waals surface area (Å²) in [5.41, 5.74) is 7.35. The van der Waals surface area contributed by atoms with Crippen LogP contribution in [0.5, 0.6) is 5.75 Å². The van der Waals surface area contributed by atoms with E-state index < -0.39 is 15.9 Å². The van der Waals surface area contributed by atoms with Gasteiger partial charge in [0, 0.05) is 11.1 Å². The fraction of sp³-hybridized carbons (Fsp3) is 0.188. The highest BCUT2D eigenvalue weighted by atomic mass is 32.2. The average Bonchev–Trinajstić information content (AvgIpc) is 2.48. The van der Waals surface area contributed by atoms with Crippen molar-refractivity contribution >= 4 is 21.6 Å². The van der Waals surface area contributed by atoms with E-state index in [0.717, 1.165) is 0 Å².